The zero-order valence-electron chi connectivity index (χ0n) is 17.6. The summed E-state index contributed by atoms with van der Waals surface area (Å²) in [7, 11) is 1.65. The molecule has 1 aromatic heterocycles. The lowest BCUT2D eigenvalue weighted by molar-refractivity contribution is -0.0498. The van der Waals surface area contributed by atoms with Crippen LogP contribution in [0.5, 0.6) is 5.75 Å². The molecule has 8 nitrogen and oxygen atoms in total. The van der Waals surface area contributed by atoms with Gasteiger partial charge in [0.1, 0.15) is 11.6 Å². The summed E-state index contributed by atoms with van der Waals surface area (Å²) in [5.41, 5.74) is 12.9. The summed E-state index contributed by atoms with van der Waals surface area (Å²) in [6.07, 6.45) is 1.74. The van der Waals surface area contributed by atoms with Gasteiger partial charge in [-0.1, -0.05) is 12.1 Å². The molecule has 0 amide bonds. The summed E-state index contributed by atoms with van der Waals surface area (Å²) in [5.74, 6) is 0.596. The molecule has 2 aliphatic heterocycles. The van der Waals surface area contributed by atoms with E-state index in [1.54, 1.807) is 7.05 Å². The number of hydrogen-bond acceptors (Lipinski definition) is 7. The van der Waals surface area contributed by atoms with Crippen LogP contribution in [-0.2, 0) is 11.8 Å². The van der Waals surface area contributed by atoms with Crippen LogP contribution in [0.2, 0.25) is 0 Å². The zero-order valence-corrected chi connectivity index (χ0v) is 17.6. The number of hydrogen-bond donors (Lipinski definition) is 2. The van der Waals surface area contributed by atoms with Gasteiger partial charge < -0.3 is 25.8 Å². The Labute approximate surface area is 178 Å². The van der Waals surface area contributed by atoms with E-state index in [9.17, 15) is 13.6 Å². The summed E-state index contributed by atoms with van der Waals surface area (Å²) in [5, 5.41) is 0. The molecule has 4 N–H and O–H groups in total. The van der Waals surface area contributed by atoms with Crippen LogP contribution in [0.25, 0.3) is 11.1 Å². The summed E-state index contributed by atoms with van der Waals surface area (Å²) < 4.78 is 36.3. The summed E-state index contributed by atoms with van der Waals surface area (Å²) in [6, 6.07) is 5.76. The summed E-state index contributed by atoms with van der Waals surface area (Å²) in [4.78, 5) is 19.6. The van der Waals surface area contributed by atoms with Gasteiger partial charge in [-0.05, 0) is 37.5 Å². The van der Waals surface area contributed by atoms with Crippen molar-refractivity contribution >= 4 is 11.8 Å². The molecule has 31 heavy (non-hydrogen) atoms. The molecule has 2 atom stereocenters. The Hall–Kier alpha value is -2.72. The topological polar surface area (TPSA) is 109 Å². The Bertz CT molecular complexity index is 1000. The number of nitrogens with two attached hydrogens (primary N) is 2. The van der Waals surface area contributed by atoms with Gasteiger partial charge in [-0.2, -0.15) is 13.8 Å². The number of rotatable bonds is 4. The van der Waals surface area contributed by atoms with Gasteiger partial charge in [0.2, 0.25) is 5.95 Å². The summed E-state index contributed by atoms with van der Waals surface area (Å²) in [6.45, 7) is 1.14. The number of nitrogen functional groups attached to an aromatic ring is 1. The molecule has 10 heteroatoms. The van der Waals surface area contributed by atoms with Crippen LogP contribution in [0.4, 0.5) is 20.5 Å². The maximum absolute atomic E-state index is 13.1. The Morgan fingerprint density at radius 1 is 1.26 bits per heavy atom. The average Bonchev–Trinajstić information content (AvgIpc) is 3.01. The van der Waals surface area contributed by atoms with Gasteiger partial charge in [-0.25, -0.2) is 0 Å². The maximum atomic E-state index is 13.1. The van der Waals surface area contributed by atoms with Crippen molar-refractivity contribution in [2.24, 2.45) is 18.2 Å². The number of anilines is 2. The summed E-state index contributed by atoms with van der Waals surface area (Å²) >= 11 is 0. The van der Waals surface area contributed by atoms with Crippen LogP contribution in [0.1, 0.15) is 19.8 Å². The first kappa shape index (κ1) is 21.5. The van der Waals surface area contributed by atoms with E-state index < -0.39 is 6.61 Å². The molecule has 2 fully saturated rings. The molecule has 0 aliphatic carbocycles. The smallest absolute Gasteiger partial charge is 0.387 e. The molecule has 168 valence electrons. The van der Waals surface area contributed by atoms with Crippen LogP contribution < -0.4 is 26.7 Å². The minimum atomic E-state index is -2.91. The van der Waals surface area contributed by atoms with E-state index >= 15 is 0 Å². The fourth-order valence-electron chi connectivity index (χ4n) is 4.59. The number of nitrogens with zero attached hydrogens (tertiary/aromatic N) is 3. The molecular formula is C21H27F2N5O3. The third kappa shape index (κ3) is 3.85. The third-order valence-electron chi connectivity index (χ3n) is 6.55. The van der Waals surface area contributed by atoms with E-state index in [-0.39, 0.29) is 40.3 Å². The van der Waals surface area contributed by atoms with Crippen molar-refractivity contribution in [3.63, 3.8) is 0 Å². The highest BCUT2D eigenvalue weighted by molar-refractivity contribution is 5.74. The Morgan fingerprint density at radius 3 is 2.45 bits per heavy atom. The van der Waals surface area contributed by atoms with Crippen molar-refractivity contribution in [1.29, 1.82) is 0 Å². The SMILES string of the molecule is C[C@@H]1OCC2(CCN(c3nc(N)c(-c4ccc(OC(F)F)cc4)c(=O)n3C)CC2)[C@@H]1N. The van der Waals surface area contributed by atoms with Gasteiger partial charge in [-0.15, -0.1) is 0 Å². The lowest BCUT2D eigenvalue weighted by Gasteiger charge is -2.41. The van der Waals surface area contributed by atoms with Crippen LogP contribution >= 0.6 is 0 Å². The molecule has 0 bridgehead atoms. The van der Waals surface area contributed by atoms with E-state index in [2.05, 4.69) is 9.72 Å². The van der Waals surface area contributed by atoms with E-state index in [0.717, 1.165) is 12.8 Å². The Balaban J connectivity index is 1.57. The van der Waals surface area contributed by atoms with Crippen molar-refractivity contribution in [3.05, 3.63) is 34.6 Å². The van der Waals surface area contributed by atoms with Crippen molar-refractivity contribution in [1.82, 2.24) is 9.55 Å². The zero-order chi connectivity index (χ0) is 22.3. The van der Waals surface area contributed by atoms with E-state index in [1.165, 1.54) is 28.8 Å². The lowest BCUT2D eigenvalue weighted by Crippen LogP contribution is -2.51. The van der Waals surface area contributed by atoms with Crippen molar-refractivity contribution in [2.45, 2.75) is 38.5 Å². The molecular weight excluding hydrogens is 408 g/mol. The van der Waals surface area contributed by atoms with Crippen molar-refractivity contribution in [2.75, 3.05) is 30.3 Å². The molecule has 0 saturated carbocycles. The molecule has 4 rings (SSSR count). The molecule has 0 radical (unpaired) electrons. The minimum Gasteiger partial charge on any atom is -0.435 e. The molecule has 1 aromatic carbocycles. The maximum Gasteiger partial charge on any atom is 0.387 e. The number of aromatic nitrogens is 2. The molecule has 2 saturated heterocycles. The van der Waals surface area contributed by atoms with Crippen LogP contribution in [0, 0.1) is 5.41 Å². The normalized spacial score (nSPS) is 23.0. The predicted molar refractivity (Wildman–Crippen MR) is 113 cm³/mol. The Kier molecular flexibility index (Phi) is 5.61. The quantitative estimate of drug-likeness (QED) is 0.756. The molecule has 3 heterocycles. The number of ether oxygens (including phenoxy) is 2. The molecule has 1 spiro atoms. The van der Waals surface area contributed by atoms with Crippen LogP contribution in [-0.4, -0.2) is 48.0 Å². The fraction of sp³-hybridized carbons (Fsp3) is 0.524. The standard InChI is InChI=1S/C21H27F2N5O3/c1-12-16(24)21(11-30-12)7-9-28(10-8-21)20-26-17(25)15(18(29)27(20)2)13-3-5-14(6-4-13)31-19(22)23/h3-6,12,16,19H,7-11,24-25H2,1-2H3/t12-,16+/m0/s1. The van der Waals surface area contributed by atoms with Gasteiger partial charge in [0, 0.05) is 31.6 Å². The first-order chi connectivity index (χ1) is 14.7. The monoisotopic (exact) mass is 435 g/mol. The van der Waals surface area contributed by atoms with Crippen molar-refractivity contribution in [3.8, 4) is 16.9 Å². The average molecular weight is 435 g/mol. The third-order valence-corrected chi connectivity index (χ3v) is 6.55. The largest absolute Gasteiger partial charge is 0.435 e. The second-order valence-corrected chi connectivity index (χ2v) is 8.33. The molecule has 0 unspecified atom stereocenters. The molecule has 2 aromatic rings. The number of benzene rings is 1. The van der Waals surface area contributed by atoms with Gasteiger partial charge in [0.25, 0.3) is 5.56 Å². The van der Waals surface area contributed by atoms with Gasteiger partial charge >= 0.3 is 6.61 Å². The van der Waals surface area contributed by atoms with Crippen molar-refractivity contribution < 1.29 is 18.3 Å². The van der Waals surface area contributed by atoms with Crippen LogP contribution in [0.3, 0.4) is 0 Å². The second-order valence-electron chi connectivity index (χ2n) is 8.33. The first-order valence-corrected chi connectivity index (χ1v) is 10.3. The lowest BCUT2D eigenvalue weighted by atomic mass is 9.73. The van der Waals surface area contributed by atoms with E-state index in [4.69, 9.17) is 16.2 Å². The fourth-order valence-corrected chi connectivity index (χ4v) is 4.59. The highest BCUT2D eigenvalue weighted by Gasteiger charge is 2.47. The van der Waals surface area contributed by atoms with E-state index in [0.29, 0.717) is 31.2 Å². The predicted octanol–water partition coefficient (Wildman–Crippen LogP) is 1.96. The van der Waals surface area contributed by atoms with Gasteiger partial charge in [0.15, 0.2) is 0 Å². The first-order valence-electron chi connectivity index (χ1n) is 10.3. The number of alkyl halides is 2. The highest BCUT2D eigenvalue weighted by Crippen LogP contribution is 2.41. The van der Waals surface area contributed by atoms with E-state index in [1.807, 2.05) is 11.8 Å². The Morgan fingerprint density at radius 2 is 1.90 bits per heavy atom. The van der Waals surface area contributed by atoms with Gasteiger partial charge in [0.05, 0.1) is 18.3 Å². The van der Waals surface area contributed by atoms with Gasteiger partial charge in [-0.3, -0.25) is 9.36 Å². The number of halogens is 2. The highest BCUT2D eigenvalue weighted by atomic mass is 19.3. The van der Waals surface area contributed by atoms with Crippen LogP contribution in [0.15, 0.2) is 29.1 Å². The second kappa shape index (κ2) is 8.08. The number of piperidine rings is 1. The molecule has 2 aliphatic rings. The minimum absolute atomic E-state index is 0.00380.